The predicted octanol–water partition coefficient (Wildman–Crippen LogP) is 1.13. The molecule has 35 heavy (non-hydrogen) atoms. The number of carbonyl (C=O) groups is 3. The number of aromatic carboxylic acids is 2. The van der Waals surface area contributed by atoms with Gasteiger partial charge in [-0.1, -0.05) is 46.7 Å². The third-order valence-corrected chi connectivity index (χ3v) is 8.31. The van der Waals surface area contributed by atoms with E-state index in [1.54, 1.807) is 19.1 Å². The molecule has 1 saturated carbocycles. The van der Waals surface area contributed by atoms with Crippen LogP contribution in [0.5, 0.6) is 0 Å². The standard InChI is InChI=1S/C22H18Cl2N4O5S.Li.H/c1-8-13(23)14(24)17(25-8)19(29)26-16-11-6-28(7-12(11)16)22-27-15(18(34-22)21(32)33)9-2-4-10(5-3-9)20(30)31;;/h2-5,11-12,16,25H,6-7H2,1H3,(H,26,29)(H,30,31)(H,32,33);;/q;+1;-1/t11-,12+,16?;;. The number of hydrogen-bond donors (Lipinski definition) is 4. The first-order valence-electron chi connectivity index (χ1n) is 10.3. The number of aryl methyl sites for hydroxylation is 1. The van der Waals surface area contributed by atoms with Gasteiger partial charge in [0.15, 0.2) is 5.13 Å². The zero-order valence-corrected chi connectivity index (χ0v) is 21.0. The van der Waals surface area contributed by atoms with Gasteiger partial charge in [0.2, 0.25) is 0 Å². The molecular formula is C22H19Cl2LiN4O5S. The van der Waals surface area contributed by atoms with Crippen molar-refractivity contribution < 1.29 is 44.9 Å². The summed E-state index contributed by atoms with van der Waals surface area (Å²) in [6, 6.07) is 5.96. The van der Waals surface area contributed by atoms with Crippen LogP contribution < -0.4 is 29.1 Å². The average molecular weight is 529 g/mol. The van der Waals surface area contributed by atoms with Crippen molar-refractivity contribution in [1.82, 2.24) is 15.3 Å². The van der Waals surface area contributed by atoms with Crippen LogP contribution in [0.4, 0.5) is 5.13 Å². The largest absolute Gasteiger partial charge is 1.00 e. The van der Waals surface area contributed by atoms with Crippen molar-refractivity contribution in [3.05, 3.63) is 56.1 Å². The van der Waals surface area contributed by atoms with E-state index < -0.39 is 11.9 Å². The number of thiazole rings is 1. The van der Waals surface area contributed by atoms with Gasteiger partial charge >= 0.3 is 30.8 Å². The molecular weight excluding hydrogens is 510 g/mol. The van der Waals surface area contributed by atoms with Gasteiger partial charge in [0.25, 0.3) is 5.91 Å². The molecule has 3 heterocycles. The second-order valence-electron chi connectivity index (χ2n) is 8.35. The number of piperidine rings is 1. The normalized spacial score (nSPS) is 20.2. The summed E-state index contributed by atoms with van der Waals surface area (Å²) in [6.07, 6.45) is 0. The van der Waals surface area contributed by atoms with Gasteiger partial charge in [0.05, 0.1) is 21.3 Å². The Balaban J connectivity index is 0.00000180. The van der Waals surface area contributed by atoms with Gasteiger partial charge in [-0.25, -0.2) is 14.6 Å². The van der Waals surface area contributed by atoms with Gasteiger partial charge in [0.1, 0.15) is 10.6 Å². The molecule has 1 saturated heterocycles. The summed E-state index contributed by atoms with van der Waals surface area (Å²) in [5.41, 5.74) is 1.84. The minimum atomic E-state index is -1.09. The summed E-state index contributed by atoms with van der Waals surface area (Å²) < 4.78 is 0. The van der Waals surface area contributed by atoms with E-state index >= 15 is 0 Å². The fourth-order valence-electron chi connectivity index (χ4n) is 4.40. The number of halogens is 2. The van der Waals surface area contributed by atoms with Crippen LogP contribution in [0.2, 0.25) is 10.0 Å². The number of nitrogens with zero attached hydrogens (tertiary/aromatic N) is 2. The van der Waals surface area contributed by atoms with E-state index in [-0.39, 0.29) is 65.2 Å². The summed E-state index contributed by atoms with van der Waals surface area (Å²) in [6.45, 7) is 3.01. The van der Waals surface area contributed by atoms with Crippen LogP contribution in [0.3, 0.4) is 0 Å². The monoisotopic (exact) mass is 528 g/mol. The molecule has 0 bridgehead atoms. The molecule has 13 heteroatoms. The Bertz CT molecular complexity index is 1340. The maximum absolute atomic E-state index is 12.6. The summed E-state index contributed by atoms with van der Waals surface area (Å²) in [4.78, 5) is 45.1. The molecule has 1 aliphatic heterocycles. The summed E-state index contributed by atoms with van der Waals surface area (Å²) in [5, 5.41) is 22.9. The van der Waals surface area contributed by atoms with Crippen molar-refractivity contribution in [2.24, 2.45) is 11.8 Å². The number of benzene rings is 1. The Labute approximate surface area is 227 Å². The third-order valence-electron chi connectivity index (χ3n) is 6.26. The quantitative estimate of drug-likeness (QED) is 0.352. The van der Waals surface area contributed by atoms with E-state index in [0.717, 1.165) is 11.3 Å². The number of fused-ring (bicyclic) bond motifs is 1. The smallest absolute Gasteiger partial charge is 1.00 e. The number of carbonyl (C=O) groups excluding carboxylic acids is 1. The SMILES string of the molecule is Cc1[nH]c(C(=O)NC2[C@H]3CN(c4nc(-c5ccc(C(=O)O)cc5)c(C(=O)O)s4)C[C@@H]23)c(Cl)c1Cl.[H-].[Li+]. The number of carboxylic acid groups (broad SMARTS) is 2. The van der Waals surface area contributed by atoms with Gasteiger partial charge in [-0.05, 0) is 19.1 Å². The number of amides is 1. The Kier molecular flexibility index (Phi) is 6.97. The number of hydrogen-bond acceptors (Lipinski definition) is 6. The summed E-state index contributed by atoms with van der Waals surface area (Å²) in [7, 11) is 0. The zero-order chi connectivity index (χ0) is 24.3. The van der Waals surface area contributed by atoms with E-state index in [9.17, 15) is 19.5 Å². The number of rotatable bonds is 6. The van der Waals surface area contributed by atoms with Gasteiger partial charge in [-0.3, -0.25) is 4.79 Å². The molecule has 3 atom stereocenters. The zero-order valence-electron chi connectivity index (χ0n) is 19.6. The van der Waals surface area contributed by atoms with E-state index in [0.29, 0.717) is 40.2 Å². The van der Waals surface area contributed by atoms with Crippen LogP contribution >= 0.6 is 34.5 Å². The first kappa shape index (κ1) is 25.6. The van der Waals surface area contributed by atoms with Gasteiger partial charge in [-0.15, -0.1) is 0 Å². The van der Waals surface area contributed by atoms with Crippen molar-refractivity contribution >= 4 is 57.5 Å². The first-order chi connectivity index (χ1) is 16.2. The van der Waals surface area contributed by atoms with Crippen LogP contribution in [-0.2, 0) is 0 Å². The van der Waals surface area contributed by atoms with Crippen LogP contribution in [0.1, 0.15) is 37.6 Å². The molecule has 1 unspecified atom stereocenters. The van der Waals surface area contributed by atoms with Crippen molar-refractivity contribution in [2.75, 3.05) is 18.0 Å². The van der Waals surface area contributed by atoms with E-state index in [2.05, 4.69) is 15.3 Å². The number of aromatic amines is 1. The average Bonchev–Trinajstić information content (AvgIpc) is 3.19. The van der Waals surface area contributed by atoms with Gasteiger partial charge in [0, 0.05) is 42.2 Å². The fourth-order valence-corrected chi connectivity index (χ4v) is 5.77. The van der Waals surface area contributed by atoms with Gasteiger partial charge in [-0.2, -0.15) is 0 Å². The van der Waals surface area contributed by atoms with Crippen molar-refractivity contribution in [3.63, 3.8) is 0 Å². The van der Waals surface area contributed by atoms with Crippen molar-refractivity contribution in [1.29, 1.82) is 0 Å². The molecule has 2 fully saturated rings. The molecule has 178 valence electrons. The van der Waals surface area contributed by atoms with Crippen molar-refractivity contribution in [2.45, 2.75) is 13.0 Å². The molecule has 0 spiro atoms. The maximum atomic E-state index is 12.6. The fraction of sp³-hybridized carbons (Fsp3) is 0.273. The van der Waals surface area contributed by atoms with Crippen LogP contribution in [0, 0.1) is 18.8 Å². The Morgan fingerprint density at radius 2 is 1.74 bits per heavy atom. The number of aromatic nitrogens is 2. The topological polar surface area (TPSA) is 136 Å². The minimum Gasteiger partial charge on any atom is -1.00 e. The van der Waals surface area contributed by atoms with Crippen LogP contribution in [0.25, 0.3) is 11.3 Å². The van der Waals surface area contributed by atoms with Crippen LogP contribution in [0.15, 0.2) is 24.3 Å². The first-order valence-corrected chi connectivity index (χ1v) is 11.9. The Morgan fingerprint density at radius 3 is 2.26 bits per heavy atom. The number of H-pyrrole nitrogens is 1. The molecule has 1 aromatic carbocycles. The predicted molar refractivity (Wildman–Crippen MR) is 129 cm³/mol. The molecule has 2 aromatic heterocycles. The maximum Gasteiger partial charge on any atom is 1.00 e. The van der Waals surface area contributed by atoms with E-state index in [4.69, 9.17) is 28.3 Å². The van der Waals surface area contributed by atoms with E-state index in [1.165, 1.54) is 12.1 Å². The Hall–Kier alpha value is -2.48. The second-order valence-corrected chi connectivity index (χ2v) is 10.1. The van der Waals surface area contributed by atoms with E-state index in [1.807, 2.05) is 4.90 Å². The molecule has 2 aliphatic rings. The minimum absolute atomic E-state index is 0. The molecule has 9 nitrogen and oxygen atoms in total. The second kappa shape index (κ2) is 9.52. The molecule has 3 aromatic rings. The number of anilines is 1. The van der Waals surface area contributed by atoms with Crippen LogP contribution in [-0.4, -0.2) is 57.2 Å². The molecule has 5 rings (SSSR count). The number of nitrogens with one attached hydrogen (secondary N) is 2. The molecule has 1 aliphatic carbocycles. The molecule has 1 amide bonds. The number of carboxylic acids is 2. The van der Waals surface area contributed by atoms with Gasteiger partial charge < -0.3 is 26.8 Å². The third kappa shape index (κ3) is 4.57. The molecule has 0 radical (unpaired) electrons. The Morgan fingerprint density at radius 1 is 1.11 bits per heavy atom. The summed E-state index contributed by atoms with van der Waals surface area (Å²) in [5.74, 6) is -2.00. The van der Waals surface area contributed by atoms with Crippen molar-refractivity contribution in [3.8, 4) is 11.3 Å². The summed E-state index contributed by atoms with van der Waals surface area (Å²) >= 11 is 13.3. The molecule has 4 N–H and O–H groups in total.